The third-order valence-electron chi connectivity index (χ3n) is 8.70. The number of fused-ring (bicyclic) bond motifs is 4. The molecule has 7 rings (SSSR count). The second-order valence-corrected chi connectivity index (χ2v) is 13.1. The fraction of sp³-hybridized carbons (Fsp3) is 0.179. The van der Waals surface area contributed by atoms with Gasteiger partial charge in [-0.2, -0.15) is 0 Å². The van der Waals surface area contributed by atoms with Crippen LogP contribution in [0, 0.1) is 5.92 Å². The van der Waals surface area contributed by atoms with Crippen molar-refractivity contribution in [2.45, 2.75) is 32.9 Å². The van der Waals surface area contributed by atoms with Crippen molar-refractivity contribution in [3.63, 3.8) is 0 Å². The van der Waals surface area contributed by atoms with Crippen molar-refractivity contribution >= 4 is 34.2 Å². The predicted octanol–water partition coefficient (Wildman–Crippen LogP) is 8.18. The first-order valence-electron chi connectivity index (χ1n) is 15.8. The van der Waals surface area contributed by atoms with E-state index in [0.29, 0.717) is 33.6 Å². The molecule has 9 heteroatoms. The molecule has 1 aliphatic rings. The zero-order chi connectivity index (χ0) is 33.4. The van der Waals surface area contributed by atoms with Gasteiger partial charge in [-0.15, -0.1) is 11.3 Å². The molecule has 1 aliphatic carbocycles. The highest BCUT2D eigenvalue weighted by molar-refractivity contribution is 7.13. The number of alkyl carbamates (subject to hydrolysis) is 1. The lowest BCUT2D eigenvalue weighted by Crippen LogP contribution is -2.32. The molecular formula is C39H33N3O5S. The highest BCUT2D eigenvalue weighted by Gasteiger charge is 2.29. The fourth-order valence-electron chi connectivity index (χ4n) is 6.61. The van der Waals surface area contributed by atoms with Gasteiger partial charge >= 0.3 is 12.1 Å². The molecule has 0 radical (unpaired) electrons. The van der Waals surface area contributed by atoms with Crippen LogP contribution in [0.2, 0.25) is 0 Å². The second-order valence-electron chi connectivity index (χ2n) is 12.3. The smallest absolute Gasteiger partial charge is 0.407 e. The van der Waals surface area contributed by atoms with Crippen molar-refractivity contribution in [3.05, 3.63) is 135 Å². The SMILES string of the molecule is CC(C)Cn1c(CNC(=O)OCC2c3ccccc3-c3ccccc32)c(-c2ccccc2)c2cc(-c3nc(C(=O)O)cs3)ccc2c1=O. The number of hydrogen-bond acceptors (Lipinski definition) is 6. The third-order valence-corrected chi connectivity index (χ3v) is 9.59. The summed E-state index contributed by atoms with van der Waals surface area (Å²) in [6.07, 6.45) is -0.572. The number of nitrogens with one attached hydrogen (secondary N) is 1. The molecule has 1 amide bonds. The lowest BCUT2D eigenvalue weighted by Gasteiger charge is -2.22. The molecular weight excluding hydrogens is 623 g/mol. The Labute approximate surface area is 281 Å². The van der Waals surface area contributed by atoms with E-state index in [0.717, 1.165) is 33.4 Å². The number of benzene rings is 4. The van der Waals surface area contributed by atoms with E-state index in [1.54, 1.807) is 16.7 Å². The Balaban J connectivity index is 1.25. The van der Waals surface area contributed by atoms with Gasteiger partial charge in [0.15, 0.2) is 5.69 Å². The number of carboxylic acid groups (broad SMARTS) is 1. The number of hydrogen-bond donors (Lipinski definition) is 2. The van der Waals surface area contributed by atoms with E-state index in [9.17, 15) is 19.5 Å². The maximum absolute atomic E-state index is 14.1. The lowest BCUT2D eigenvalue weighted by atomic mass is 9.95. The molecule has 4 aromatic carbocycles. The van der Waals surface area contributed by atoms with Crippen molar-refractivity contribution in [3.8, 4) is 32.8 Å². The van der Waals surface area contributed by atoms with Crippen LogP contribution in [0.1, 0.15) is 47.1 Å². The number of carbonyl (C=O) groups excluding carboxylic acids is 1. The van der Waals surface area contributed by atoms with Gasteiger partial charge in [-0.05, 0) is 51.3 Å². The van der Waals surface area contributed by atoms with E-state index >= 15 is 0 Å². The van der Waals surface area contributed by atoms with Crippen LogP contribution in [0.15, 0.2) is 107 Å². The number of thiazole rings is 1. The van der Waals surface area contributed by atoms with Crippen molar-refractivity contribution in [2.24, 2.45) is 5.92 Å². The molecule has 240 valence electrons. The van der Waals surface area contributed by atoms with Gasteiger partial charge in [0, 0.05) is 40.0 Å². The Morgan fingerprint density at radius 3 is 2.21 bits per heavy atom. The third kappa shape index (κ3) is 5.77. The van der Waals surface area contributed by atoms with Crippen molar-refractivity contribution in [1.29, 1.82) is 0 Å². The minimum Gasteiger partial charge on any atom is -0.476 e. The van der Waals surface area contributed by atoms with Gasteiger partial charge in [0.25, 0.3) is 5.56 Å². The molecule has 2 heterocycles. The summed E-state index contributed by atoms with van der Waals surface area (Å²) >= 11 is 1.23. The summed E-state index contributed by atoms with van der Waals surface area (Å²) in [5, 5.41) is 15.6. The van der Waals surface area contributed by atoms with Gasteiger partial charge in [-0.3, -0.25) is 4.79 Å². The number of aromatic nitrogens is 2. The normalized spacial score (nSPS) is 12.2. The van der Waals surface area contributed by atoms with Gasteiger partial charge in [0.2, 0.25) is 0 Å². The van der Waals surface area contributed by atoms with Crippen LogP contribution in [0.3, 0.4) is 0 Å². The lowest BCUT2D eigenvalue weighted by molar-refractivity contribution is 0.0691. The number of carboxylic acids is 1. The molecule has 6 aromatic rings. The number of amides is 1. The Morgan fingerprint density at radius 2 is 1.56 bits per heavy atom. The van der Waals surface area contributed by atoms with Crippen molar-refractivity contribution < 1.29 is 19.4 Å². The first-order chi connectivity index (χ1) is 23.3. The van der Waals surface area contributed by atoms with Crippen LogP contribution in [0.4, 0.5) is 4.79 Å². The van der Waals surface area contributed by atoms with Gasteiger partial charge in [0.1, 0.15) is 11.6 Å². The van der Waals surface area contributed by atoms with Gasteiger partial charge < -0.3 is 19.7 Å². The topological polar surface area (TPSA) is 111 Å². The molecule has 0 bridgehead atoms. The number of rotatable bonds is 9. The summed E-state index contributed by atoms with van der Waals surface area (Å²) in [7, 11) is 0. The standard InChI is InChI=1S/C39H33N3O5S/c1-23(2)20-42-34(19-40-39(46)47-21-32-28-14-8-6-12-26(28)27-13-7-9-15-29(27)32)35(24-10-4-3-5-11-24)31-18-25(16-17-30(31)37(42)43)36-41-33(22-48-36)38(44)45/h3-18,22-23,32H,19-21H2,1-2H3,(H,40,46)(H,44,45). The largest absolute Gasteiger partial charge is 0.476 e. The van der Waals surface area contributed by atoms with Crippen LogP contribution in [-0.2, 0) is 17.8 Å². The molecule has 0 fully saturated rings. The predicted molar refractivity (Wildman–Crippen MR) is 188 cm³/mol. The minimum atomic E-state index is -1.10. The molecule has 8 nitrogen and oxygen atoms in total. The number of ether oxygens (including phenoxy) is 1. The molecule has 48 heavy (non-hydrogen) atoms. The summed E-state index contributed by atoms with van der Waals surface area (Å²) in [5.41, 5.74) is 7.41. The van der Waals surface area contributed by atoms with E-state index in [-0.39, 0.29) is 36.2 Å². The molecule has 2 N–H and O–H groups in total. The quantitative estimate of drug-likeness (QED) is 0.163. The average Bonchev–Trinajstić information content (AvgIpc) is 3.72. The minimum absolute atomic E-state index is 0.0290. The van der Waals surface area contributed by atoms with Crippen molar-refractivity contribution in [1.82, 2.24) is 14.9 Å². The first kappa shape index (κ1) is 31.1. The van der Waals surface area contributed by atoms with Crippen LogP contribution in [0.5, 0.6) is 0 Å². The van der Waals surface area contributed by atoms with Crippen LogP contribution in [0.25, 0.3) is 43.6 Å². The highest BCUT2D eigenvalue weighted by Crippen LogP contribution is 2.44. The monoisotopic (exact) mass is 655 g/mol. The number of aromatic carboxylic acids is 1. The molecule has 2 aromatic heterocycles. The maximum Gasteiger partial charge on any atom is 0.407 e. The summed E-state index contributed by atoms with van der Waals surface area (Å²) in [6, 6.07) is 31.6. The van der Waals surface area contributed by atoms with E-state index in [1.165, 1.54) is 16.7 Å². The summed E-state index contributed by atoms with van der Waals surface area (Å²) < 4.78 is 7.61. The Morgan fingerprint density at radius 1 is 0.896 bits per heavy atom. The Kier molecular flexibility index (Phi) is 8.37. The van der Waals surface area contributed by atoms with E-state index < -0.39 is 12.1 Å². The molecule has 0 saturated carbocycles. The maximum atomic E-state index is 14.1. The summed E-state index contributed by atoms with van der Waals surface area (Å²) in [4.78, 5) is 43.3. The van der Waals surface area contributed by atoms with E-state index in [2.05, 4.69) is 34.6 Å². The zero-order valence-corrected chi connectivity index (χ0v) is 27.3. The molecule has 0 atom stereocenters. The van der Waals surface area contributed by atoms with E-state index in [4.69, 9.17) is 4.74 Å². The van der Waals surface area contributed by atoms with Crippen LogP contribution >= 0.6 is 11.3 Å². The number of nitrogens with zero attached hydrogens (tertiary/aromatic N) is 2. The molecule has 0 unspecified atom stereocenters. The molecule has 0 aliphatic heterocycles. The number of pyridine rings is 1. The van der Waals surface area contributed by atoms with Crippen LogP contribution in [-0.4, -0.2) is 33.3 Å². The highest BCUT2D eigenvalue weighted by atomic mass is 32.1. The summed E-state index contributed by atoms with van der Waals surface area (Å²) in [6.45, 7) is 4.79. The van der Waals surface area contributed by atoms with Crippen LogP contribution < -0.4 is 10.9 Å². The zero-order valence-electron chi connectivity index (χ0n) is 26.5. The van der Waals surface area contributed by atoms with E-state index in [1.807, 2.05) is 74.5 Å². The Hall–Kier alpha value is -5.54. The first-order valence-corrected chi connectivity index (χ1v) is 16.7. The molecule has 0 saturated heterocycles. The summed E-state index contributed by atoms with van der Waals surface area (Å²) in [5.74, 6) is -1.02. The fourth-order valence-corrected chi connectivity index (χ4v) is 7.40. The number of carbonyl (C=O) groups is 2. The van der Waals surface area contributed by atoms with Gasteiger partial charge in [0.05, 0.1) is 6.54 Å². The average molecular weight is 656 g/mol. The van der Waals surface area contributed by atoms with Gasteiger partial charge in [-0.25, -0.2) is 14.6 Å². The van der Waals surface area contributed by atoms with Crippen molar-refractivity contribution in [2.75, 3.05) is 6.61 Å². The second kappa shape index (κ2) is 12.9. The Bertz CT molecular complexity index is 2190. The van der Waals surface area contributed by atoms with Gasteiger partial charge in [-0.1, -0.05) is 98.8 Å². The molecule has 0 spiro atoms.